The Labute approximate surface area is 88.3 Å². The lowest BCUT2D eigenvalue weighted by atomic mass is 9.99. The third-order valence-corrected chi connectivity index (χ3v) is 3.79. The fourth-order valence-corrected chi connectivity index (χ4v) is 3.02. The minimum Gasteiger partial charge on any atom is -0.352 e. The van der Waals surface area contributed by atoms with E-state index in [0.717, 1.165) is 11.3 Å². The Hall–Kier alpha value is -0.830. The van der Waals surface area contributed by atoms with Crippen LogP contribution in [0, 0.1) is 0 Å². The molecule has 1 aromatic rings. The van der Waals surface area contributed by atoms with Crippen LogP contribution in [0.1, 0.15) is 39.9 Å². The highest BCUT2D eigenvalue weighted by Crippen LogP contribution is 2.29. The zero-order chi connectivity index (χ0) is 9.97. The summed E-state index contributed by atoms with van der Waals surface area (Å²) in [6, 6.07) is 2.07. The van der Waals surface area contributed by atoms with E-state index in [1.165, 1.54) is 29.7 Å². The lowest BCUT2D eigenvalue weighted by Gasteiger charge is -2.08. The molecule has 1 amide bonds. The van der Waals surface area contributed by atoms with E-state index in [2.05, 4.69) is 11.4 Å². The number of hydrogen-bond donors (Lipinski definition) is 1. The molecule has 3 heteroatoms. The predicted molar refractivity (Wildman–Crippen MR) is 59.0 cm³/mol. The van der Waals surface area contributed by atoms with Crippen LogP contribution >= 0.6 is 11.3 Å². The molecule has 14 heavy (non-hydrogen) atoms. The first-order valence-electron chi connectivity index (χ1n) is 5.21. The van der Waals surface area contributed by atoms with E-state index in [-0.39, 0.29) is 5.91 Å². The average molecular weight is 209 g/mol. The van der Waals surface area contributed by atoms with Crippen molar-refractivity contribution in [1.82, 2.24) is 5.32 Å². The Morgan fingerprint density at radius 2 is 2.29 bits per heavy atom. The molecule has 0 aliphatic heterocycles. The average Bonchev–Trinajstić information content (AvgIpc) is 2.61. The van der Waals surface area contributed by atoms with Gasteiger partial charge in [-0.05, 0) is 44.2 Å². The number of carbonyl (C=O) groups excluding carboxylic acids is 1. The van der Waals surface area contributed by atoms with Crippen molar-refractivity contribution in [3.63, 3.8) is 0 Å². The number of aryl methyl sites for hydroxylation is 2. The monoisotopic (exact) mass is 209 g/mol. The van der Waals surface area contributed by atoms with E-state index >= 15 is 0 Å². The Morgan fingerprint density at radius 3 is 3.00 bits per heavy atom. The summed E-state index contributed by atoms with van der Waals surface area (Å²) >= 11 is 1.67. The van der Waals surface area contributed by atoms with Gasteiger partial charge in [0, 0.05) is 11.4 Å². The number of amides is 1. The molecule has 1 aliphatic rings. The maximum absolute atomic E-state index is 11.6. The van der Waals surface area contributed by atoms with Crippen molar-refractivity contribution in [3.8, 4) is 0 Å². The van der Waals surface area contributed by atoms with Crippen LogP contribution < -0.4 is 5.32 Å². The van der Waals surface area contributed by atoms with Gasteiger partial charge in [0.1, 0.15) is 0 Å². The second-order valence-corrected chi connectivity index (χ2v) is 4.76. The molecule has 1 N–H and O–H groups in total. The van der Waals surface area contributed by atoms with Crippen LogP contribution in [0.5, 0.6) is 0 Å². The van der Waals surface area contributed by atoms with E-state index in [1.54, 1.807) is 11.3 Å². The molecule has 2 nitrogen and oxygen atoms in total. The first-order chi connectivity index (χ1) is 6.81. The summed E-state index contributed by atoms with van der Waals surface area (Å²) in [5.74, 6) is 0.0897. The van der Waals surface area contributed by atoms with Gasteiger partial charge in [0.25, 0.3) is 5.91 Å². The van der Waals surface area contributed by atoms with E-state index < -0.39 is 0 Å². The highest BCUT2D eigenvalue weighted by atomic mass is 32.1. The summed E-state index contributed by atoms with van der Waals surface area (Å²) in [5.41, 5.74) is 1.41. The van der Waals surface area contributed by atoms with Crippen molar-refractivity contribution in [2.75, 3.05) is 6.54 Å². The Balaban J connectivity index is 2.19. The molecule has 0 saturated carbocycles. The standard InChI is InChI=1S/C11H15NOS/c1-2-12-11(13)10-7-8-5-3-4-6-9(8)14-10/h7H,2-6H2,1H3,(H,12,13). The molecule has 0 bridgehead atoms. The Kier molecular flexibility index (Phi) is 2.87. The van der Waals surface area contributed by atoms with Gasteiger partial charge in [0.15, 0.2) is 0 Å². The molecule has 1 aliphatic carbocycles. The normalized spacial score (nSPS) is 14.9. The van der Waals surface area contributed by atoms with Crippen LogP contribution in [0.4, 0.5) is 0 Å². The van der Waals surface area contributed by atoms with Crippen LogP contribution in [0.3, 0.4) is 0 Å². The van der Waals surface area contributed by atoms with Crippen LogP contribution in [0.25, 0.3) is 0 Å². The van der Waals surface area contributed by atoms with Crippen LogP contribution in [-0.4, -0.2) is 12.5 Å². The molecular formula is C11H15NOS. The van der Waals surface area contributed by atoms with Gasteiger partial charge in [-0.2, -0.15) is 0 Å². The summed E-state index contributed by atoms with van der Waals surface area (Å²) in [7, 11) is 0. The van der Waals surface area contributed by atoms with Gasteiger partial charge in [-0.3, -0.25) is 4.79 Å². The smallest absolute Gasteiger partial charge is 0.261 e. The minimum absolute atomic E-state index is 0.0897. The van der Waals surface area contributed by atoms with E-state index in [4.69, 9.17) is 0 Å². The van der Waals surface area contributed by atoms with Crippen LogP contribution in [0.15, 0.2) is 6.07 Å². The van der Waals surface area contributed by atoms with Gasteiger partial charge in [0.2, 0.25) is 0 Å². The molecule has 0 unspecified atom stereocenters. The Morgan fingerprint density at radius 1 is 1.50 bits per heavy atom. The van der Waals surface area contributed by atoms with Crippen molar-refractivity contribution in [2.24, 2.45) is 0 Å². The maximum Gasteiger partial charge on any atom is 0.261 e. The first kappa shape index (κ1) is 9.71. The minimum atomic E-state index is 0.0897. The fraction of sp³-hybridized carbons (Fsp3) is 0.545. The molecule has 0 atom stereocenters. The SMILES string of the molecule is CCNC(=O)c1cc2c(s1)CCCC2. The molecule has 0 radical (unpaired) electrons. The quantitative estimate of drug-likeness (QED) is 0.796. The lowest BCUT2D eigenvalue weighted by Crippen LogP contribution is -2.21. The largest absolute Gasteiger partial charge is 0.352 e. The molecule has 2 rings (SSSR count). The molecule has 0 spiro atoms. The van der Waals surface area contributed by atoms with E-state index in [1.807, 2.05) is 6.92 Å². The lowest BCUT2D eigenvalue weighted by molar-refractivity contribution is 0.0960. The highest BCUT2D eigenvalue weighted by molar-refractivity contribution is 7.14. The van der Waals surface area contributed by atoms with Gasteiger partial charge in [0.05, 0.1) is 4.88 Å². The first-order valence-corrected chi connectivity index (χ1v) is 6.02. The highest BCUT2D eigenvalue weighted by Gasteiger charge is 2.16. The summed E-state index contributed by atoms with van der Waals surface area (Å²) in [4.78, 5) is 13.9. The number of hydrogen-bond acceptors (Lipinski definition) is 2. The molecule has 0 aromatic carbocycles. The molecule has 0 fully saturated rings. The van der Waals surface area contributed by atoms with Gasteiger partial charge >= 0.3 is 0 Å². The summed E-state index contributed by atoms with van der Waals surface area (Å²) in [6.07, 6.45) is 4.88. The zero-order valence-electron chi connectivity index (χ0n) is 8.43. The van der Waals surface area contributed by atoms with Gasteiger partial charge in [-0.1, -0.05) is 0 Å². The number of nitrogens with one attached hydrogen (secondary N) is 1. The Bertz CT molecular complexity index is 320. The van der Waals surface area contributed by atoms with Crippen LogP contribution in [-0.2, 0) is 12.8 Å². The van der Waals surface area contributed by atoms with Gasteiger partial charge in [-0.15, -0.1) is 11.3 Å². The zero-order valence-corrected chi connectivity index (χ0v) is 9.25. The van der Waals surface area contributed by atoms with Gasteiger partial charge < -0.3 is 5.32 Å². The summed E-state index contributed by atoms with van der Waals surface area (Å²) in [6.45, 7) is 2.66. The number of thiophene rings is 1. The maximum atomic E-state index is 11.6. The number of carbonyl (C=O) groups is 1. The molecule has 76 valence electrons. The van der Waals surface area contributed by atoms with Gasteiger partial charge in [-0.25, -0.2) is 0 Å². The molecule has 0 saturated heterocycles. The summed E-state index contributed by atoms with van der Waals surface area (Å²) in [5, 5.41) is 2.84. The van der Waals surface area contributed by atoms with Crippen molar-refractivity contribution >= 4 is 17.2 Å². The van der Waals surface area contributed by atoms with Crippen molar-refractivity contribution < 1.29 is 4.79 Å². The van der Waals surface area contributed by atoms with Crippen molar-refractivity contribution in [3.05, 3.63) is 21.4 Å². The van der Waals surface area contributed by atoms with Crippen LogP contribution in [0.2, 0.25) is 0 Å². The van der Waals surface area contributed by atoms with E-state index in [0.29, 0.717) is 6.54 Å². The molecule has 1 heterocycles. The molecular weight excluding hydrogens is 194 g/mol. The van der Waals surface area contributed by atoms with E-state index in [9.17, 15) is 4.79 Å². The topological polar surface area (TPSA) is 29.1 Å². The fourth-order valence-electron chi connectivity index (χ4n) is 1.85. The second-order valence-electron chi connectivity index (χ2n) is 3.63. The molecule has 1 aromatic heterocycles. The second kappa shape index (κ2) is 4.13. The third-order valence-electron chi connectivity index (χ3n) is 2.56. The number of fused-ring (bicyclic) bond motifs is 1. The third kappa shape index (κ3) is 1.82. The predicted octanol–water partition coefficient (Wildman–Crippen LogP) is 2.38. The summed E-state index contributed by atoms with van der Waals surface area (Å²) < 4.78 is 0. The van der Waals surface area contributed by atoms with Crippen molar-refractivity contribution in [2.45, 2.75) is 32.6 Å². The van der Waals surface area contributed by atoms with Crippen molar-refractivity contribution in [1.29, 1.82) is 0 Å². The number of rotatable bonds is 2.